The molecule has 2 aromatic rings. The van der Waals surface area contributed by atoms with Gasteiger partial charge in [0.2, 0.25) is 6.79 Å². The molecule has 1 saturated heterocycles. The van der Waals surface area contributed by atoms with Crippen LogP contribution in [0.2, 0.25) is 0 Å². The van der Waals surface area contributed by atoms with Gasteiger partial charge in [-0.3, -0.25) is 4.90 Å². The Hall–Kier alpha value is -2.26. The highest BCUT2D eigenvalue weighted by Crippen LogP contribution is 2.34. The maximum absolute atomic E-state index is 5.81. The first kappa shape index (κ1) is 17.2. The number of nitrogens with zero attached hydrogens (tertiary/aromatic N) is 1. The molecule has 1 fully saturated rings. The van der Waals surface area contributed by atoms with Crippen LogP contribution in [0.15, 0.2) is 72.7 Å². The Bertz CT molecular complexity index is 714. The highest BCUT2D eigenvalue weighted by molar-refractivity contribution is 5.18. The summed E-state index contributed by atoms with van der Waals surface area (Å²) in [5.74, 6) is 2.01. The van der Waals surface area contributed by atoms with Gasteiger partial charge in [-0.1, -0.05) is 60.7 Å². The minimum atomic E-state index is 0.362. The molecule has 2 aliphatic rings. The maximum Gasteiger partial charge on any atom is 0.229 e. The van der Waals surface area contributed by atoms with E-state index in [0.29, 0.717) is 18.6 Å². The van der Waals surface area contributed by atoms with E-state index in [2.05, 4.69) is 65.6 Å². The molecule has 2 aliphatic heterocycles. The summed E-state index contributed by atoms with van der Waals surface area (Å²) in [7, 11) is 0. The molecule has 136 valence electrons. The van der Waals surface area contributed by atoms with E-state index in [4.69, 9.17) is 9.47 Å². The Morgan fingerprint density at radius 1 is 0.962 bits per heavy atom. The fourth-order valence-electron chi connectivity index (χ4n) is 4.22. The van der Waals surface area contributed by atoms with Crippen molar-refractivity contribution in [2.75, 3.05) is 19.9 Å². The number of rotatable bonds is 6. The quantitative estimate of drug-likeness (QED) is 0.760. The lowest BCUT2D eigenvalue weighted by atomic mass is 9.80. The zero-order chi connectivity index (χ0) is 17.6. The molecule has 0 saturated carbocycles. The molecule has 3 nitrogen and oxygen atoms in total. The average Bonchev–Trinajstić information content (AvgIpc) is 3.22. The van der Waals surface area contributed by atoms with E-state index in [1.165, 1.54) is 30.5 Å². The molecule has 0 radical (unpaired) electrons. The summed E-state index contributed by atoms with van der Waals surface area (Å²) in [5.41, 5.74) is 2.77. The summed E-state index contributed by atoms with van der Waals surface area (Å²) >= 11 is 0. The Balaban J connectivity index is 1.47. The van der Waals surface area contributed by atoms with Crippen LogP contribution in [-0.4, -0.2) is 24.8 Å². The normalized spacial score (nSPS) is 21.5. The predicted molar refractivity (Wildman–Crippen MR) is 103 cm³/mol. The van der Waals surface area contributed by atoms with Crippen molar-refractivity contribution in [1.29, 1.82) is 0 Å². The molecular weight excluding hydrogens is 322 g/mol. The van der Waals surface area contributed by atoms with E-state index in [9.17, 15) is 0 Å². The highest BCUT2D eigenvalue weighted by Gasteiger charge is 2.32. The molecule has 4 rings (SSSR count). The molecule has 2 aromatic carbocycles. The van der Waals surface area contributed by atoms with Gasteiger partial charge in [-0.25, -0.2) is 0 Å². The monoisotopic (exact) mass is 349 g/mol. The van der Waals surface area contributed by atoms with Crippen LogP contribution in [0.1, 0.15) is 24.0 Å². The van der Waals surface area contributed by atoms with Crippen LogP contribution in [0, 0.1) is 11.8 Å². The molecular formula is C23H27NO2. The highest BCUT2D eigenvalue weighted by atomic mass is 16.7. The number of likely N-dealkylation sites (tertiary alicyclic amines) is 1. The van der Waals surface area contributed by atoms with Crippen LogP contribution in [0.5, 0.6) is 0 Å². The van der Waals surface area contributed by atoms with Gasteiger partial charge in [-0.2, -0.15) is 0 Å². The molecule has 0 N–H and O–H groups in total. The van der Waals surface area contributed by atoms with Gasteiger partial charge in [0.05, 0.1) is 0 Å². The SMILES string of the molecule is C1=C(C(Cc2ccccc2)C2CCCN(Cc3ccccc3)C2)OCO1. The third kappa shape index (κ3) is 4.28. The fourth-order valence-corrected chi connectivity index (χ4v) is 4.22. The molecule has 0 amide bonds. The topological polar surface area (TPSA) is 21.7 Å². The van der Waals surface area contributed by atoms with Gasteiger partial charge in [0.15, 0.2) is 0 Å². The number of hydrogen-bond acceptors (Lipinski definition) is 3. The summed E-state index contributed by atoms with van der Waals surface area (Å²) in [6.45, 7) is 3.69. The largest absolute Gasteiger partial charge is 0.462 e. The summed E-state index contributed by atoms with van der Waals surface area (Å²) in [6.07, 6.45) is 5.35. The predicted octanol–water partition coefficient (Wildman–Crippen LogP) is 4.60. The van der Waals surface area contributed by atoms with Gasteiger partial charge in [0.1, 0.15) is 12.0 Å². The van der Waals surface area contributed by atoms with Crippen molar-refractivity contribution >= 4 is 0 Å². The van der Waals surface area contributed by atoms with E-state index < -0.39 is 0 Å². The van der Waals surface area contributed by atoms with Crippen LogP contribution in [-0.2, 0) is 22.4 Å². The van der Waals surface area contributed by atoms with Gasteiger partial charge < -0.3 is 9.47 Å². The van der Waals surface area contributed by atoms with Crippen LogP contribution >= 0.6 is 0 Å². The van der Waals surface area contributed by atoms with Crippen molar-refractivity contribution in [2.24, 2.45) is 11.8 Å². The maximum atomic E-state index is 5.81. The van der Waals surface area contributed by atoms with Crippen molar-refractivity contribution in [3.05, 3.63) is 83.8 Å². The van der Waals surface area contributed by atoms with E-state index in [0.717, 1.165) is 25.3 Å². The van der Waals surface area contributed by atoms with E-state index in [1.807, 2.05) is 6.26 Å². The lowest BCUT2D eigenvalue weighted by molar-refractivity contribution is 0.0542. The molecule has 0 spiro atoms. The summed E-state index contributed by atoms with van der Waals surface area (Å²) in [6, 6.07) is 21.5. The zero-order valence-corrected chi connectivity index (χ0v) is 15.2. The van der Waals surface area contributed by atoms with Crippen LogP contribution < -0.4 is 0 Å². The molecule has 2 atom stereocenters. The summed E-state index contributed by atoms with van der Waals surface area (Å²) < 4.78 is 11.2. The summed E-state index contributed by atoms with van der Waals surface area (Å²) in [4.78, 5) is 2.60. The third-order valence-corrected chi connectivity index (χ3v) is 5.52. The van der Waals surface area contributed by atoms with Crippen molar-refractivity contribution in [1.82, 2.24) is 4.90 Å². The van der Waals surface area contributed by atoms with Crippen LogP contribution in [0.25, 0.3) is 0 Å². The molecule has 26 heavy (non-hydrogen) atoms. The van der Waals surface area contributed by atoms with Gasteiger partial charge in [0, 0.05) is 19.0 Å². The Morgan fingerprint density at radius 2 is 1.69 bits per heavy atom. The van der Waals surface area contributed by atoms with Crippen molar-refractivity contribution in [3.63, 3.8) is 0 Å². The minimum absolute atomic E-state index is 0.362. The third-order valence-electron chi connectivity index (χ3n) is 5.52. The van der Waals surface area contributed by atoms with Gasteiger partial charge in [-0.15, -0.1) is 0 Å². The van der Waals surface area contributed by atoms with Crippen molar-refractivity contribution in [2.45, 2.75) is 25.8 Å². The second-order valence-electron chi connectivity index (χ2n) is 7.37. The Labute approximate surface area is 156 Å². The van der Waals surface area contributed by atoms with E-state index in [-0.39, 0.29) is 0 Å². The van der Waals surface area contributed by atoms with Crippen LogP contribution in [0.3, 0.4) is 0 Å². The zero-order valence-electron chi connectivity index (χ0n) is 15.2. The molecule has 2 unspecified atom stereocenters. The molecule has 0 bridgehead atoms. The minimum Gasteiger partial charge on any atom is -0.462 e. The second-order valence-corrected chi connectivity index (χ2v) is 7.37. The first-order chi connectivity index (χ1) is 12.9. The molecule has 2 heterocycles. The van der Waals surface area contributed by atoms with Crippen molar-refractivity contribution in [3.8, 4) is 0 Å². The van der Waals surface area contributed by atoms with Gasteiger partial charge in [0.25, 0.3) is 0 Å². The summed E-state index contributed by atoms with van der Waals surface area (Å²) in [5, 5.41) is 0. The number of piperidine rings is 1. The standard InChI is InChI=1S/C23H27NO2/c1-3-8-19(9-4-1)14-22(23-17-25-18-26-23)21-12-7-13-24(16-21)15-20-10-5-2-6-11-20/h1-6,8-11,17,21-22H,7,12-16,18H2. The number of benzene rings is 2. The number of ether oxygens (including phenoxy) is 2. The fraction of sp³-hybridized carbons (Fsp3) is 0.391. The van der Waals surface area contributed by atoms with E-state index >= 15 is 0 Å². The Kier molecular flexibility index (Phi) is 5.56. The first-order valence-corrected chi connectivity index (χ1v) is 9.63. The second kappa shape index (κ2) is 8.41. The van der Waals surface area contributed by atoms with Gasteiger partial charge >= 0.3 is 0 Å². The smallest absolute Gasteiger partial charge is 0.229 e. The average molecular weight is 349 g/mol. The van der Waals surface area contributed by atoms with Crippen molar-refractivity contribution < 1.29 is 9.47 Å². The van der Waals surface area contributed by atoms with E-state index in [1.54, 1.807) is 0 Å². The first-order valence-electron chi connectivity index (χ1n) is 9.63. The Morgan fingerprint density at radius 3 is 2.38 bits per heavy atom. The molecule has 0 aliphatic carbocycles. The van der Waals surface area contributed by atoms with Crippen LogP contribution in [0.4, 0.5) is 0 Å². The van der Waals surface area contributed by atoms with Gasteiger partial charge in [-0.05, 0) is 42.9 Å². The lowest BCUT2D eigenvalue weighted by Crippen LogP contribution is -2.39. The number of allylic oxidation sites excluding steroid dienone is 1. The number of hydrogen-bond donors (Lipinski definition) is 0. The lowest BCUT2D eigenvalue weighted by Gasteiger charge is -2.37. The molecule has 0 aromatic heterocycles. The molecule has 3 heteroatoms.